The number of hydrogen-bond donors (Lipinski definition) is 1. The molecule has 3 aromatic rings. The summed E-state index contributed by atoms with van der Waals surface area (Å²) in [4.78, 5) is 31.0. The minimum atomic E-state index is -1.03. The number of benzene rings is 3. The summed E-state index contributed by atoms with van der Waals surface area (Å²) in [5.74, 6) is 0.0258. The molecule has 0 bridgehead atoms. The number of carboxylic acids is 1. The number of amidine groups is 1. The Morgan fingerprint density at radius 2 is 1.84 bits per heavy atom. The van der Waals surface area contributed by atoms with E-state index in [1.807, 2.05) is 56.3 Å². The summed E-state index contributed by atoms with van der Waals surface area (Å²) in [5, 5.41) is 9.75. The van der Waals surface area contributed by atoms with Gasteiger partial charge in [-0.15, -0.1) is 0 Å². The Kier molecular flexibility index (Phi) is 8.68. The first-order chi connectivity index (χ1) is 17.9. The van der Waals surface area contributed by atoms with Crippen LogP contribution in [0.4, 0.5) is 5.69 Å². The van der Waals surface area contributed by atoms with Crippen LogP contribution in [0.15, 0.2) is 81.1 Å². The van der Waals surface area contributed by atoms with Crippen LogP contribution in [0.1, 0.15) is 35.3 Å². The molecule has 0 spiro atoms. The summed E-state index contributed by atoms with van der Waals surface area (Å²) in [6.45, 7) is 5.08. The van der Waals surface area contributed by atoms with Gasteiger partial charge in [0.15, 0.2) is 16.7 Å². The fraction of sp³-hybridized carbons (Fsp3) is 0.179. The van der Waals surface area contributed by atoms with Gasteiger partial charge in [0, 0.05) is 11.0 Å². The van der Waals surface area contributed by atoms with Crippen molar-refractivity contribution in [3.05, 3.63) is 92.8 Å². The number of carbonyl (C=O) groups is 2. The summed E-state index contributed by atoms with van der Waals surface area (Å²) in [7, 11) is 0. The lowest BCUT2D eigenvalue weighted by Gasteiger charge is -2.13. The minimum absolute atomic E-state index is 0.140. The van der Waals surface area contributed by atoms with E-state index in [1.54, 1.807) is 23.1 Å². The molecule has 0 radical (unpaired) electrons. The first-order valence-electron chi connectivity index (χ1n) is 11.7. The number of carboxylic acid groups (broad SMARTS) is 1. The summed E-state index contributed by atoms with van der Waals surface area (Å²) in [6.07, 6.45) is 1.80. The Hall–Kier alpha value is -3.56. The number of likely N-dealkylation sites (N-methyl/N-ethyl adjacent to an activating group) is 1. The van der Waals surface area contributed by atoms with Crippen molar-refractivity contribution in [1.82, 2.24) is 4.90 Å². The van der Waals surface area contributed by atoms with Crippen LogP contribution in [-0.4, -0.2) is 40.2 Å². The molecule has 0 unspecified atom stereocenters. The van der Waals surface area contributed by atoms with Crippen LogP contribution in [0.5, 0.6) is 11.5 Å². The van der Waals surface area contributed by atoms with Gasteiger partial charge in [-0.1, -0.05) is 40.2 Å². The number of halogens is 1. The summed E-state index contributed by atoms with van der Waals surface area (Å²) >= 11 is 4.69. The van der Waals surface area contributed by atoms with E-state index in [2.05, 4.69) is 20.9 Å². The predicted octanol–water partition coefficient (Wildman–Crippen LogP) is 6.75. The smallest absolute Gasteiger partial charge is 0.335 e. The van der Waals surface area contributed by atoms with E-state index in [0.717, 1.165) is 15.6 Å². The van der Waals surface area contributed by atoms with Gasteiger partial charge in [0.2, 0.25) is 0 Å². The Balaban J connectivity index is 1.57. The summed E-state index contributed by atoms with van der Waals surface area (Å²) < 4.78 is 12.8. The quantitative estimate of drug-likeness (QED) is 0.282. The lowest BCUT2D eigenvalue weighted by atomic mass is 10.1. The average Bonchev–Trinajstić information content (AvgIpc) is 3.18. The maximum absolute atomic E-state index is 13.1. The van der Waals surface area contributed by atoms with Crippen LogP contribution >= 0.6 is 27.7 Å². The molecule has 0 aliphatic carbocycles. The first kappa shape index (κ1) is 26.5. The molecule has 4 rings (SSSR count). The third-order valence-corrected chi connectivity index (χ3v) is 6.93. The number of aliphatic imine (C=N–C) groups is 1. The second-order valence-corrected chi connectivity index (χ2v) is 9.89. The number of thioether (sulfide) groups is 1. The molecule has 1 heterocycles. The molecule has 7 nitrogen and oxygen atoms in total. The highest BCUT2D eigenvalue weighted by Gasteiger charge is 2.32. The number of nitrogens with zero attached hydrogens (tertiary/aromatic N) is 2. The van der Waals surface area contributed by atoms with Crippen molar-refractivity contribution < 1.29 is 24.2 Å². The zero-order valence-electron chi connectivity index (χ0n) is 20.3. The molecule has 190 valence electrons. The third-order valence-electron chi connectivity index (χ3n) is 5.40. The standard InChI is InChI=1S/C28H25BrN2O5S/c1-3-31-26(32)25(37-28(31)30-22-7-5-6-20(16-22)27(33)34)15-19-10-13-23(24(14-19)35-4-2)36-17-18-8-11-21(29)12-9-18/h5-16H,3-4,17H2,1-2H3,(H,33,34)/b25-15-,30-28?. The molecule has 1 aliphatic rings. The van der Waals surface area contributed by atoms with Gasteiger partial charge in [-0.05, 0) is 85.3 Å². The second kappa shape index (κ2) is 12.1. The van der Waals surface area contributed by atoms with Gasteiger partial charge in [-0.2, -0.15) is 0 Å². The largest absolute Gasteiger partial charge is 0.490 e. The van der Waals surface area contributed by atoms with Crippen molar-refractivity contribution in [2.24, 2.45) is 4.99 Å². The van der Waals surface area contributed by atoms with Crippen LogP contribution in [-0.2, 0) is 11.4 Å². The SMILES string of the molecule is CCOc1cc(/C=C2\SC(=Nc3cccc(C(=O)O)c3)N(CC)C2=O)ccc1OCc1ccc(Br)cc1. The van der Waals surface area contributed by atoms with E-state index in [9.17, 15) is 14.7 Å². The number of aromatic carboxylic acids is 1. The van der Waals surface area contributed by atoms with E-state index in [0.29, 0.717) is 47.0 Å². The van der Waals surface area contributed by atoms with E-state index in [-0.39, 0.29) is 11.5 Å². The van der Waals surface area contributed by atoms with Gasteiger partial charge in [-0.25, -0.2) is 9.79 Å². The van der Waals surface area contributed by atoms with Crippen molar-refractivity contribution in [2.75, 3.05) is 13.2 Å². The van der Waals surface area contributed by atoms with Crippen LogP contribution in [0.2, 0.25) is 0 Å². The van der Waals surface area contributed by atoms with Crippen molar-refractivity contribution in [1.29, 1.82) is 0 Å². The normalized spacial score (nSPS) is 15.4. The highest BCUT2D eigenvalue weighted by molar-refractivity contribution is 9.10. The van der Waals surface area contributed by atoms with Gasteiger partial charge in [0.25, 0.3) is 5.91 Å². The van der Waals surface area contributed by atoms with Crippen molar-refractivity contribution in [2.45, 2.75) is 20.5 Å². The number of ether oxygens (including phenoxy) is 2. The first-order valence-corrected chi connectivity index (χ1v) is 13.3. The zero-order valence-corrected chi connectivity index (χ0v) is 22.7. The highest BCUT2D eigenvalue weighted by atomic mass is 79.9. The van der Waals surface area contributed by atoms with Crippen LogP contribution in [0.25, 0.3) is 6.08 Å². The summed E-state index contributed by atoms with van der Waals surface area (Å²) in [6, 6.07) is 19.8. The fourth-order valence-electron chi connectivity index (χ4n) is 3.58. The molecular formula is C28H25BrN2O5S. The van der Waals surface area contributed by atoms with Crippen LogP contribution in [0.3, 0.4) is 0 Å². The van der Waals surface area contributed by atoms with Gasteiger partial charge in [-0.3, -0.25) is 9.69 Å². The maximum atomic E-state index is 13.1. The molecule has 1 N–H and O–H groups in total. The van der Waals surface area contributed by atoms with Crippen LogP contribution in [0, 0.1) is 0 Å². The molecule has 0 atom stereocenters. The molecule has 1 amide bonds. The molecule has 0 aromatic heterocycles. The number of hydrogen-bond acceptors (Lipinski definition) is 6. The van der Waals surface area contributed by atoms with E-state index in [1.165, 1.54) is 23.9 Å². The molecule has 1 saturated heterocycles. The molecular weight excluding hydrogens is 556 g/mol. The predicted molar refractivity (Wildman–Crippen MR) is 150 cm³/mol. The molecule has 37 heavy (non-hydrogen) atoms. The van der Waals surface area contributed by atoms with Crippen molar-refractivity contribution in [3.8, 4) is 11.5 Å². The second-order valence-electron chi connectivity index (χ2n) is 7.96. The zero-order chi connectivity index (χ0) is 26.4. The number of rotatable bonds is 9. The molecule has 1 aliphatic heterocycles. The molecule has 9 heteroatoms. The highest BCUT2D eigenvalue weighted by Crippen LogP contribution is 2.36. The van der Waals surface area contributed by atoms with Crippen molar-refractivity contribution in [3.63, 3.8) is 0 Å². The van der Waals surface area contributed by atoms with Gasteiger partial charge >= 0.3 is 5.97 Å². The van der Waals surface area contributed by atoms with E-state index >= 15 is 0 Å². The Labute approximate surface area is 227 Å². The van der Waals surface area contributed by atoms with Crippen LogP contribution < -0.4 is 9.47 Å². The third kappa shape index (κ3) is 6.61. The van der Waals surface area contributed by atoms with Gasteiger partial charge < -0.3 is 14.6 Å². The monoisotopic (exact) mass is 580 g/mol. The topological polar surface area (TPSA) is 88.4 Å². The van der Waals surface area contributed by atoms with E-state index < -0.39 is 5.97 Å². The average molecular weight is 581 g/mol. The number of amides is 1. The van der Waals surface area contributed by atoms with Gasteiger partial charge in [0.05, 0.1) is 22.8 Å². The molecule has 0 saturated carbocycles. The minimum Gasteiger partial charge on any atom is -0.490 e. The summed E-state index contributed by atoms with van der Waals surface area (Å²) in [5.41, 5.74) is 2.44. The lowest BCUT2D eigenvalue weighted by Crippen LogP contribution is -2.28. The van der Waals surface area contributed by atoms with Gasteiger partial charge in [0.1, 0.15) is 6.61 Å². The Morgan fingerprint density at radius 1 is 1.05 bits per heavy atom. The molecule has 3 aromatic carbocycles. The maximum Gasteiger partial charge on any atom is 0.335 e. The number of carbonyl (C=O) groups excluding carboxylic acids is 1. The fourth-order valence-corrected chi connectivity index (χ4v) is 4.91. The molecule has 1 fully saturated rings. The van der Waals surface area contributed by atoms with Crippen molar-refractivity contribution >= 4 is 56.5 Å². The van der Waals surface area contributed by atoms with E-state index in [4.69, 9.17) is 9.47 Å². The lowest BCUT2D eigenvalue weighted by molar-refractivity contribution is -0.122. The Morgan fingerprint density at radius 3 is 2.54 bits per heavy atom. The Bertz CT molecular complexity index is 1370.